The molecule has 1 aromatic heterocycles. The summed E-state index contributed by atoms with van der Waals surface area (Å²) in [5.74, 6) is 0. The van der Waals surface area contributed by atoms with Gasteiger partial charge in [0.15, 0.2) is 0 Å². The summed E-state index contributed by atoms with van der Waals surface area (Å²) in [5.41, 5.74) is 7.46. The third kappa shape index (κ3) is 1.07. The third-order valence-corrected chi connectivity index (χ3v) is 3.12. The Kier molecular flexibility index (Phi) is 1.49. The van der Waals surface area contributed by atoms with E-state index in [0.717, 1.165) is 4.88 Å². The van der Waals surface area contributed by atoms with Gasteiger partial charge in [0.1, 0.15) is 0 Å². The minimum absolute atomic E-state index is 0.206. The number of aliphatic hydroxyl groups excluding tert-OH is 1. The number of aromatic nitrogens is 1. The summed E-state index contributed by atoms with van der Waals surface area (Å²) in [6.45, 7) is 0. The highest BCUT2D eigenvalue weighted by atomic mass is 32.1. The van der Waals surface area contributed by atoms with Gasteiger partial charge in [-0.2, -0.15) is 0 Å². The lowest BCUT2D eigenvalue weighted by molar-refractivity contribution is 0.0226. The van der Waals surface area contributed by atoms with Crippen LogP contribution >= 0.6 is 11.3 Å². The predicted octanol–water partition coefficient (Wildman–Crippen LogP) is 0.452. The van der Waals surface area contributed by atoms with Crippen LogP contribution in [-0.2, 0) is 5.54 Å². The van der Waals surface area contributed by atoms with E-state index < -0.39 is 0 Å². The van der Waals surface area contributed by atoms with E-state index in [1.807, 2.05) is 0 Å². The Bertz CT molecular complexity index is 241. The molecule has 1 aromatic rings. The lowest BCUT2D eigenvalue weighted by Crippen LogP contribution is -2.51. The van der Waals surface area contributed by atoms with Crippen molar-refractivity contribution in [3.8, 4) is 0 Å². The van der Waals surface area contributed by atoms with Gasteiger partial charge in [-0.05, 0) is 12.8 Å². The van der Waals surface area contributed by atoms with Gasteiger partial charge in [0.2, 0.25) is 0 Å². The average molecular weight is 170 g/mol. The first-order valence-corrected chi connectivity index (χ1v) is 4.45. The van der Waals surface area contributed by atoms with Crippen LogP contribution in [0.15, 0.2) is 11.7 Å². The van der Waals surface area contributed by atoms with E-state index in [-0.39, 0.29) is 11.6 Å². The standard InChI is InChI=1S/C7H10N2OS/c8-7(1-5(10)2-7)6-3-9-4-11-6/h3-5,10H,1-2,8H2. The van der Waals surface area contributed by atoms with Gasteiger partial charge < -0.3 is 10.8 Å². The van der Waals surface area contributed by atoms with E-state index >= 15 is 0 Å². The smallest absolute Gasteiger partial charge is 0.0794 e. The van der Waals surface area contributed by atoms with Crippen molar-refractivity contribution in [3.63, 3.8) is 0 Å². The number of nitrogens with two attached hydrogens (primary N) is 1. The number of hydrogen-bond donors (Lipinski definition) is 2. The quantitative estimate of drug-likeness (QED) is 0.643. The molecule has 0 spiro atoms. The molecule has 0 bridgehead atoms. The van der Waals surface area contributed by atoms with E-state index in [1.54, 1.807) is 23.0 Å². The van der Waals surface area contributed by atoms with Crippen LogP contribution in [0.2, 0.25) is 0 Å². The Labute approximate surface area is 68.9 Å². The lowest BCUT2D eigenvalue weighted by atomic mass is 9.74. The van der Waals surface area contributed by atoms with Crippen LogP contribution in [0.25, 0.3) is 0 Å². The van der Waals surface area contributed by atoms with Crippen LogP contribution in [0, 0.1) is 0 Å². The van der Waals surface area contributed by atoms with Crippen molar-refractivity contribution in [3.05, 3.63) is 16.6 Å². The van der Waals surface area contributed by atoms with Gasteiger partial charge >= 0.3 is 0 Å². The molecule has 3 N–H and O–H groups in total. The maximum Gasteiger partial charge on any atom is 0.0794 e. The highest BCUT2D eigenvalue weighted by Crippen LogP contribution is 2.40. The van der Waals surface area contributed by atoms with Crippen molar-refractivity contribution in [2.75, 3.05) is 0 Å². The fourth-order valence-corrected chi connectivity index (χ4v) is 2.20. The molecule has 0 atom stereocenters. The SMILES string of the molecule is NC1(c2cncs2)CC(O)C1. The number of hydrogen-bond acceptors (Lipinski definition) is 4. The number of aliphatic hydroxyl groups is 1. The number of thiazole rings is 1. The van der Waals surface area contributed by atoms with Crippen LogP contribution in [0.5, 0.6) is 0 Å². The molecule has 1 saturated carbocycles. The number of nitrogens with zero attached hydrogens (tertiary/aromatic N) is 1. The maximum atomic E-state index is 9.09. The number of rotatable bonds is 1. The summed E-state index contributed by atoms with van der Waals surface area (Å²) in [7, 11) is 0. The topological polar surface area (TPSA) is 59.1 Å². The zero-order valence-electron chi connectivity index (χ0n) is 6.03. The minimum Gasteiger partial charge on any atom is -0.393 e. The summed E-state index contributed by atoms with van der Waals surface area (Å²) < 4.78 is 0. The molecule has 1 aliphatic rings. The van der Waals surface area contributed by atoms with Crippen molar-refractivity contribution in [1.29, 1.82) is 0 Å². The molecule has 1 heterocycles. The van der Waals surface area contributed by atoms with Crippen molar-refractivity contribution in [1.82, 2.24) is 4.98 Å². The maximum absolute atomic E-state index is 9.09. The van der Waals surface area contributed by atoms with Gasteiger partial charge in [0.05, 0.1) is 17.2 Å². The monoisotopic (exact) mass is 170 g/mol. The second-order valence-corrected chi connectivity index (χ2v) is 3.97. The third-order valence-electron chi connectivity index (χ3n) is 2.12. The first-order chi connectivity index (χ1) is 5.21. The zero-order valence-corrected chi connectivity index (χ0v) is 6.84. The van der Waals surface area contributed by atoms with Crippen molar-refractivity contribution in [2.45, 2.75) is 24.5 Å². The van der Waals surface area contributed by atoms with E-state index in [0.29, 0.717) is 12.8 Å². The summed E-state index contributed by atoms with van der Waals surface area (Å²) in [6, 6.07) is 0. The molecule has 0 radical (unpaired) electrons. The fourth-order valence-electron chi connectivity index (χ4n) is 1.44. The van der Waals surface area contributed by atoms with Gasteiger partial charge in [-0.1, -0.05) is 0 Å². The molecule has 1 aliphatic carbocycles. The minimum atomic E-state index is -0.277. The van der Waals surface area contributed by atoms with E-state index in [1.165, 1.54) is 0 Å². The van der Waals surface area contributed by atoms with E-state index in [4.69, 9.17) is 10.8 Å². The van der Waals surface area contributed by atoms with Crippen LogP contribution in [0.1, 0.15) is 17.7 Å². The molecule has 0 aromatic carbocycles. The lowest BCUT2D eigenvalue weighted by Gasteiger charge is -2.41. The highest BCUT2D eigenvalue weighted by molar-refractivity contribution is 7.09. The van der Waals surface area contributed by atoms with Gasteiger partial charge in [0.25, 0.3) is 0 Å². The Balaban J connectivity index is 2.18. The van der Waals surface area contributed by atoms with Crippen molar-refractivity contribution in [2.24, 2.45) is 5.73 Å². The van der Waals surface area contributed by atoms with Crippen LogP contribution in [0.3, 0.4) is 0 Å². The van der Waals surface area contributed by atoms with E-state index in [2.05, 4.69) is 4.98 Å². The first-order valence-electron chi connectivity index (χ1n) is 3.57. The van der Waals surface area contributed by atoms with Crippen LogP contribution < -0.4 is 5.73 Å². The Morgan fingerprint density at radius 3 is 2.91 bits per heavy atom. The molecule has 4 heteroatoms. The fraction of sp³-hybridized carbons (Fsp3) is 0.571. The second kappa shape index (κ2) is 2.27. The van der Waals surface area contributed by atoms with E-state index in [9.17, 15) is 0 Å². The molecule has 0 unspecified atom stereocenters. The molecule has 3 nitrogen and oxygen atoms in total. The largest absolute Gasteiger partial charge is 0.393 e. The molecule has 11 heavy (non-hydrogen) atoms. The van der Waals surface area contributed by atoms with Gasteiger partial charge in [-0.15, -0.1) is 11.3 Å². The summed E-state index contributed by atoms with van der Waals surface area (Å²) >= 11 is 1.56. The van der Waals surface area contributed by atoms with Crippen molar-refractivity contribution >= 4 is 11.3 Å². The van der Waals surface area contributed by atoms with Gasteiger partial charge in [-0.25, -0.2) is 0 Å². The van der Waals surface area contributed by atoms with Gasteiger partial charge in [0, 0.05) is 11.1 Å². The zero-order chi connectivity index (χ0) is 7.90. The summed E-state index contributed by atoms with van der Waals surface area (Å²) in [5, 5.41) is 9.09. The van der Waals surface area contributed by atoms with Gasteiger partial charge in [-0.3, -0.25) is 4.98 Å². The normalized spacial score (nSPS) is 36.7. The molecule has 0 saturated heterocycles. The molecule has 0 amide bonds. The van der Waals surface area contributed by atoms with Crippen LogP contribution in [-0.4, -0.2) is 16.2 Å². The Morgan fingerprint density at radius 2 is 2.45 bits per heavy atom. The molecule has 2 rings (SSSR count). The molecule has 60 valence electrons. The molecular formula is C7H10N2OS. The summed E-state index contributed by atoms with van der Waals surface area (Å²) in [4.78, 5) is 5.04. The predicted molar refractivity (Wildman–Crippen MR) is 43.2 cm³/mol. The molecule has 1 fully saturated rings. The Morgan fingerprint density at radius 1 is 1.73 bits per heavy atom. The van der Waals surface area contributed by atoms with Crippen LogP contribution in [0.4, 0.5) is 0 Å². The summed E-state index contributed by atoms with van der Waals surface area (Å²) in [6.07, 6.45) is 2.93. The highest BCUT2D eigenvalue weighted by Gasteiger charge is 2.42. The Hall–Kier alpha value is -0.450. The first kappa shape index (κ1) is 7.21. The van der Waals surface area contributed by atoms with Crippen molar-refractivity contribution < 1.29 is 5.11 Å². The second-order valence-electron chi connectivity index (χ2n) is 3.08. The average Bonchev–Trinajstić information content (AvgIpc) is 2.34. The molecule has 0 aliphatic heterocycles. The molecular weight excluding hydrogens is 160 g/mol.